The van der Waals surface area contributed by atoms with Crippen LogP contribution in [0.1, 0.15) is 0 Å². The maximum atomic E-state index is 4.56. The normalized spacial score (nSPS) is 11.4. The van der Waals surface area contributed by atoms with E-state index >= 15 is 0 Å². The molecule has 138 valence electrons. The summed E-state index contributed by atoms with van der Waals surface area (Å²) in [5.41, 5.74) is 7.95. The van der Waals surface area contributed by atoms with Crippen molar-refractivity contribution < 1.29 is 0 Å². The SMILES string of the molecule is c1cc(-c2ccsc2)c2cc(-c3n[nH]c4cnc(-c5cncnc5)cc34)[nH]c2c1. The van der Waals surface area contributed by atoms with E-state index in [1.807, 2.05) is 6.07 Å². The van der Waals surface area contributed by atoms with Gasteiger partial charge in [-0.3, -0.25) is 10.1 Å². The quantitative estimate of drug-likeness (QED) is 0.427. The summed E-state index contributed by atoms with van der Waals surface area (Å²) in [6.45, 7) is 0. The van der Waals surface area contributed by atoms with E-state index in [2.05, 4.69) is 71.2 Å². The van der Waals surface area contributed by atoms with Gasteiger partial charge in [0, 0.05) is 34.2 Å². The largest absolute Gasteiger partial charge is 0.353 e. The van der Waals surface area contributed by atoms with Crippen LogP contribution in [0.15, 0.2) is 72.1 Å². The van der Waals surface area contributed by atoms with E-state index in [-0.39, 0.29) is 0 Å². The lowest BCUT2D eigenvalue weighted by atomic mass is 10.0. The highest BCUT2D eigenvalue weighted by Crippen LogP contribution is 2.35. The Balaban J connectivity index is 1.53. The molecular weight excluding hydrogens is 380 g/mol. The number of rotatable bonds is 3. The van der Waals surface area contributed by atoms with Crippen LogP contribution in [-0.4, -0.2) is 30.1 Å². The zero-order valence-electron chi connectivity index (χ0n) is 15.1. The third kappa shape index (κ3) is 2.63. The van der Waals surface area contributed by atoms with Crippen LogP contribution >= 0.6 is 11.3 Å². The average Bonchev–Trinajstić information content (AvgIpc) is 3.52. The van der Waals surface area contributed by atoms with Crippen molar-refractivity contribution in [2.45, 2.75) is 0 Å². The van der Waals surface area contributed by atoms with Crippen molar-refractivity contribution in [1.29, 1.82) is 0 Å². The topological polar surface area (TPSA) is 83.1 Å². The molecule has 0 saturated carbocycles. The van der Waals surface area contributed by atoms with Crippen molar-refractivity contribution in [3.8, 4) is 33.8 Å². The van der Waals surface area contributed by atoms with Crippen LogP contribution in [-0.2, 0) is 0 Å². The Labute approximate surface area is 169 Å². The zero-order chi connectivity index (χ0) is 19.2. The number of pyridine rings is 1. The smallest absolute Gasteiger partial charge is 0.116 e. The molecule has 0 aliphatic carbocycles. The van der Waals surface area contributed by atoms with Gasteiger partial charge in [0.15, 0.2) is 0 Å². The molecule has 1 aromatic carbocycles. The Kier molecular flexibility index (Phi) is 3.54. The van der Waals surface area contributed by atoms with Gasteiger partial charge in [-0.2, -0.15) is 16.4 Å². The van der Waals surface area contributed by atoms with E-state index in [0.29, 0.717) is 0 Å². The second-order valence-electron chi connectivity index (χ2n) is 6.78. The molecule has 2 N–H and O–H groups in total. The molecule has 0 fully saturated rings. The number of aromatic nitrogens is 6. The molecule has 6 aromatic rings. The fourth-order valence-electron chi connectivity index (χ4n) is 3.66. The second kappa shape index (κ2) is 6.35. The van der Waals surface area contributed by atoms with Gasteiger partial charge in [-0.1, -0.05) is 12.1 Å². The van der Waals surface area contributed by atoms with Gasteiger partial charge < -0.3 is 4.98 Å². The Morgan fingerprint density at radius 3 is 2.66 bits per heavy atom. The van der Waals surface area contributed by atoms with E-state index in [1.165, 1.54) is 22.8 Å². The van der Waals surface area contributed by atoms with Gasteiger partial charge in [0.1, 0.15) is 12.0 Å². The Morgan fingerprint density at radius 2 is 1.79 bits per heavy atom. The number of aromatic amines is 2. The summed E-state index contributed by atoms with van der Waals surface area (Å²) in [5, 5.41) is 14.1. The highest BCUT2D eigenvalue weighted by atomic mass is 32.1. The molecule has 0 atom stereocenters. The van der Waals surface area contributed by atoms with Crippen molar-refractivity contribution in [3.05, 3.63) is 72.1 Å². The Hall–Kier alpha value is -3.84. The molecule has 0 amide bonds. The lowest BCUT2D eigenvalue weighted by Gasteiger charge is -2.00. The number of nitrogens with one attached hydrogen (secondary N) is 2. The first-order valence-corrected chi connectivity index (χ1v) is 10.1. The summed E-state index contributed by atoms with van der Waals surface area (Å²) in [7, 11) is 0. The molecule has 6 nitrogen and oxygen atoms in total. The molecular formula is C22H14N6S. The number of hydrogen-bond donors (Lipinski definition) is 2. The predicted molar refractivity (Wildman–Crippen MR) is 116 cm³/mol. The molecule has 0 bridgehead atoms. The molecule has 0 radical (unpaired) electrons. The molecule has 0 aliphatic rings. The molecule has 0 aliphatic heterocycles. The molecule has 0 unspecified atom stereocenters. The Morgan fingerprint density at radius 1 is 0.862 bits per heavy atom. The summed E-state index contributed by atoms with van der Waals surface area (Å²) in [4.78, 5) is 16.2. The minimum atomic E-state index is 0.816. The van der Waals surface area contributed by atoms with E-state index < -0.39 is 0 Å². The first-order valence-electron chi connectivity index (χ1n) is 9.11. The fraction of sp³-hybridized carbons (Fsp3) is 0. The lowest BCUT2D eigenvalue weighted by molar-refractivity contribution is 1.11. The summed E-state index contributed by atoms with van der Waals surface area (Å²) < 4.78 is 0. The number of fused-ring (bicyclic) bond motifs is 2. The minimum absolute atomic E-state index is 0.816. The molecule has 29 heavy (non-hydrogen) atoms. The van der Waals surface area contributed by atoms with Gasteiger partial charge >= 0.3 is 0 Å². The van der Waals surface area contributed by atoms with Crippen molar-refractivity contribution >= 4 is 33.1 Å². The Bertz CT molecular complexity index is 1450. The molecule has 5 aromatic heterocycles. The first-order chi connectivity index (χ1) is 14.4. The second-order valence-corrected chi connectivity index (χ2v) is 7.56. The fourth-order valence-corrected chi connectivity index (χ4v) is 4.32. The molecule has 6 rings (SSSR count). The lowest BCUT2D eigenvalue weighted by Crippen LogP contribution is -1.86. The van der Waals surface area contributed by atoms with Crippen LogP contribution in [0.2, 0.25) is 0 Å². The molecule has 0 spiro atoms. The third-order valence-corrected chi connectivity index (χ3v) is 5.74. The summed E-state index contributed by atoms with van der Waals surface area (Å²) in [6, 6.07) is 12.7. The molecule has 5 heterocycles. The van der Waals surface area contributed by atoms with E-state index in [1.54, 1.807) is 29.9 Å². The number of H-pyrrole nitrogens is 2. The number of nitrogens with zero attached hydrogens (tertiary/aromatic N) is 4. The van der Waals surface area contributed by atoms with Gasteiger partial charge in [0.25, 0.3) is 0 Å². The number of benzene rings is 1. The van der Waals surface area contributed by atoms with E-state index in [9.17, 15) is 0 Å². The number of hydrogen-bond acceptors (Lipinski definition) is 5. The first kappa shape index (κ1) is 16.1. The minimum Gasteiger partial charge on any atom is -0.353 e. The van der Waals surface area contributed by atoms with Crippen molar-refractivity contribution in [2.24, 2.45) is 0 Å². The summed E-state index contributed by atoms with van der Waals surface area (Å²) in [5.74, 6) is 0. The predicted octanol–water partition coefficient (Wildman–Crippen LogP) is 5.29. The highest BCUT2D eigenvalue weighted by Gasteiger charge is 2.15. The van der Waals surface area contributed by atoms with Crippen molar-refractivity contribution in [1.82, 2.24) is 30.1 Å². The van der Waals surface area contributed by atoms with E-state index in [0.717, 1.165) is 39.1 Å². The molecule has 0 saturated heterocycles. The van der Waals surface area contributed by atoms with E-state index in [4.69, 9.17) is 0 Å². The average molecular weight is 394 g/mol. The van der Waals surface area contributed by atoms with Crippen molar-refractivity contribution in [3.63, 3.8) is 0 Å². The molecule has 7 heteroatoms. The summed E-state index contributed by atoms with van der Waals surface area (Å²) >= 11 is 1.70. The monoisotopic (exact) mass is 394 g/mol. The van der Waals surface area contributed by atoms with Gasteiger partial charge in [-0.25, -0.2) is 9.97 Å². The van der Waals surface area contributed by atoms with Crippen LogP contribution in [0.25, 0.3) is 55.6 Å². The maximum Gasteiger partial charge on any atom is 0.116 e. The van der Waals surface area contributed by atoms with Crippen LogP contribution in [0, 0.1) is 0 Å². The van der Waals surface area contributed by atoms with Gasteiger partial charge in [0.2, 0.25) is 0 Å². The van der Waals surface area contributed by atoms with Crippen LogP contribution in [0.5, 0.6) is 0 Å². The number of thiophene rings is 1. The maximum absolute atomic E-state index is 4.56. The third-order valence-electron chi connectivity index (χ3n) is 5.06. The van der Waals surface area contributed by atoms with Gasteiger partial charge in [0.05, 0.1) is 23.1 Å². The van der Waals surface area contributed by atoms with Crippen LogP contribution in [0.3, 0.4) is 0 Å². The van der Waals surface area contributed by atoms with Crippen LogP contribution in [0.4, 0.5) is 0 Å². The zero-order valence-corrected chi connectivity index (χ0v) is 15.9. The standard InChI is InChI=1S/C22H14N6S/c1-2-15(13-4-5-29-11-13)16-6-20(26-18(16)3-1)22-17-7-19(14-8-23-12-24-9-14)25-10-21(17)27-28-22/h1-12,26H,(H,27,28). The highest BCUT2D eigenvalue weighted by molar-refractivity contribution is 7.08. The van der Waals surface area contributed by atoms with Gasteiger partial charge in [-0.15, -0.1) is 0 Å². The van der Waals surface area contributed by atoms with Gasteiger partial charge in [-0.05, 0) is 46.2 Å². The van der Waals surface area contributed by atoms with Crippen LogP contribution < -0.4 is 0 Å². The summed E-state index contributed by atoms with van der Waals surface area (Å²) in [6.07, 6.45) is 6.84. The van der Waals surface area contributed by atoms with Crippen molar-refractivity contribution in [2.75, 3.05) is 0 Å².